The summed E-state index contributed by atoms with van der Waals surface area (Å²) in [6.45, 7) is 0.280. The summed E-state index contributed by atoms with van der Waals surface area (Å²) in [6, 6.07) is 14.0. The zero-order chi connectivity index (χ0) is 29.2. The van der Waals surface area contributed by atoms with Crippen LogP contribution in [-0.2, 0) is 26.6 Å². The van der Waals surface area contributed by atoms with E-state index >= 15 is 0 Å². The van der Waals surface area contributed by atoms with E-state index in [1.165, 1.54) is 55.3 Å². The Kier molecular flexibility index (Phi) is 8.09. The summed E-state index contributed by atoms with van der Waals surface area (Å²) in [7, 11) is -3.85. The minimum atomic E-state index is -3.85. The third-order valence-corrected chi connectivity index (χ3v) is 11.2. The van der Waals surface area contributed by atoms with Crippen LogP contribution in [0.4, 0.5) is 10.1 Å². The van der Waals surface area contributed by atoms with E-state index in [0.29, 0.717) is 10.6 Å². The average molecular weight is 605 g/mol. The summed E-state index contributed by atoms with van der Waals surface area (Å²) in [5.74, 6) is -0.468. The Bertz CT molecular complexity index is 1680. The molecule has 0 saturated heterocycles. The van der Waals surface area contributed by atoms with E-state index in [2.05, 4.69) is 20.6 Å². The minimum Gasteiger partial charge on any atom is -0.373 e. The molecule has 1 aliphatic carbocycles. The molecule has 0 radical (unpaired) electrons. The second kappa shape index (κ2) is 11.9. The first-order chi connectivity index (χ1) is 20.4. The van der Waals surface area contributed by atoms with Crippen molar-refractivity contribution in [3.05, 3.63) is 89.3 Å². The Morgan fingerprint density at radius 2 is 1.76 bits per heavy atom. The van der Waals surface area contributed by atoms with E-state index in [1.807, 2.05) is 12.3 Å². The van der Waals surface area contributed by atoms with E-state index in [9.17, 15) is 17.6 Å². The van der Waals surface area contributed by atoms with Gasteiger partial charge in [-0.05, 0) is 48.7 Å². The van der Waals surface area contributed by atoms with Crippen LogP contribution in [0.5, 0.6) is 0 Å². The maximum Gasteiger partial charge on any atom is 0.243 e. The predicted molar refractivity (Wildman–Crippen MR) is 162 cm³/mol. The van der Waals surface area contributed by atoms with Crippen molar-refractivity contribution in [3.63, 3.8) is 0 Å². The number of rotatable bonds is 6. The number of thiazole rings is 1. The quantitative estimate of drug-likeness (QED) is 0.255. The van der Waals surface area contributed by atoms with E-state index in [0.717, 1.165) is 53.8 Å². The summed E-state index contributed by atoms with van der Waals surface area (Å²) in [4.78, 5) is 22.5. The molecular weight excluding hydrogens is 572 g/mol. The second-order valence-corrected chi connectivity index (χ2v) is 13.9. The SMILES string of the molecule is O=C(NCc1ccc(S(=O)(=O)c2csc(-c3cccc(F)c3)n2)cc1)C1Nc2ccncc2C12CCCCCCCC2. The third-order valence-electron chi connectivity index (χ3n) is 8.50. The van der Waals surface area contributed by atoms with Crippen molar-refractivity contribution in [3.8, 4) is 10.6 Å². The zero-order valence-electron chi connectivity index (χ0n) is 23.2. The van der Waals surface area contributed by atoms with Crippen molar-refractivity contribution in [2.45, 2.75) is 79.3 Å². The number of carbonyl (C=O) groups excluding carboxylic acids is 1. The lowest BCUT2D eigenvalue weighted by atomic mass is 9.70. The van der Waals surface area contributed by atoms with Gasteiger partial charge in [0, 0.05) is 46.5 Å². The molecule has 3 heterocycles. The van der Waals surface area contributed by atoms with Crippen LogP contribution in [0, 0.1) is 5.82 Å². The van der Waals surface area contributed by atoms with Gasteiger partial charge in [-0.15, -0.1) is 11.3 Å². The van der Waals surface area contributed by atoms with Crippen LogP contribution in [0.2, 0.25) is 0 Å². The smallest absolute Gasteiger partial charge is 0.243 e. The Morgan fingerprint density at radius 1 is 1.02 bits per heavy atom. The van der Waals surface area contributed by atoms with Crippen molar-refractivity contribution in [1.82, 2.24) is 15.3 Å². The molecule has 2 N–H and O–H groups in total. The molecule has 10 heteroatoms. The molecule has 42 heavy (non-hydrogen) atoms. The number of fused-ring (bicyclic) bond motifs is 2. The summed E-state index contributed by atoms with van der Waals surface area (Å²) in [5.41, 5.74) is 3.17. The van der Waals surface area contributed by atoms with Gasteiger partial charge in [0.2, 0.25) is 15.7 Å². The van der Waals surface area contributed by atoms with E-state index in [1.54, 1.807) is 30.5 Å². The Hall–Kier alpha value is -3.63. The maximum absolute atomic E-state index is 13.7. The number of carbonyl (C=O) groups is 1. The first-order valence-electron chi connectivity index (χ1n) is 14.4. The third kappa shape index (κ3) is 5.57. The fourth-order valence-electron chi connectivity index (χ4n) is 6.29. The summed E-state index contributed by atoms with van der Waals surface area (Å²) < 4.78 is 40.1. The van der Waals surface area contributed by atoms with Crippen molar-refractivity contribution in [2.75, 3.05) is 5.32 Å². The Labute approximate surface area is 249 Å². The highest BCUT2D eigenvalue weighted by Gasteiger charge is 2.49. The van der Waals surface area contributed by atoms with Crippen molar-refractivity contribution in [2.24, 2.45) is 0 Å². The summed E-state index contributed by atoms with van der Waals surface area (Å²) in [5, 5.41) is 8.44. The van der Waals surface area contributed by atoms with Crippen LogP contribution < -0.4 is 10.6 Å². The topological polar surface area (TPSA) is 101 Å². The number of benzene rings is 2. The van der Waals surface area contributed by atoms with Gasteiger partial charge in [0.1, 0.15) is 16.9 Å². The fraction of sp³-hybridized carbons (Fsp3) is 0.344. The fourth-order valence-corrected chi connectivity index (χ4v) is 8.62. The van der Waals surface area contributed by atoms with Crippen molar-refractivity contribution in [1.29, 1.82) is 0 Å². The van der Waals surface area contributed by atoms with Gasteiger partial charge in [-0.25, -0.2) is 17.8 Å². The van der Waals surface area contributed by atoms with E-state index < -0.39 is 15.7 Å². The molecule has 4 aromatic rings. The highest BCUT2D eigenvalue weighted by atomic mass is 32.2. The van der Waals surface area contributed by atoms with E-state index in [-0.39, 0.29) is 33.8 Å². The molecule has 2 aromatic heterocycles. The first kappa shape index (κ1) is 28.5. The minimum absolute atomic E-state index is 0.0607. The lowest BCUT2D eigenvalue weighted by Gasteiger charge is -2.35. The van der Waals surface area contributed by atoms with Gasteiger partial charge >= 0.3 is 0 Å². The number of pyridine rings is 1. The van der Waals surface area contributed by atoms with Crippen LogP contribution in [0.15, 0.2) is 82.3 Å². The molecule has 1 spiro atoms. The molecule has 218 valence electrons. The van der Waals surface area contributed by atoms with Crippen LogP contribution in [-0.4, -0.2) is 30.3 Å². The standard InChI is InChI=1S/C32H33FN4O3S2/c33-24-9-7-8-23(18-24)31-37-28(21-41-31)42(39,40)25-12-10-22(11-13-25)19-35-30(38)29-32(15-5-3-1-2-4-6-16-32)26-20-34-17-14-27(26)36-29/h7-14,17-18,20-21,29,36H,1-6,15-16,19H2,(H,35,38). The lowest BCUT2D eigenvalue weighted by molar-refractivity contribution is -0.123. The van der Waals surface area contributed by atoms with Crippen molar-refractivity contribution < 1.29 is 17.6 Å². The molecule has 1 unspecified atom stereocenters. The van der Waals surface area contributed by atoms with Gasteiger partial charge in [-0.3, -0.25) is 9.78 Å². The van der Waals surface area contributed by atoms with Gasteiger partial charge in [0.25, 0.3) is 0 Å². The number of amides is 1. The molecule has 2 aromatic carbocycles. The highest BCUT2D eigenvalue weighted by Crippen LogP contribution is 2.48. The largest absolute Gasteiger partial charge is 0.373 e. The van der Waals surface area contributed by atoms with E-state index in [4.69, 9.17) is 0 Å². The number of halogens is 1. The van der Waals surface area contributed by atoms with Gasteiger partial charge in [-0.2, -0.15) is 0 Å². The number of aromatic nitrogens is 2. The predicted octanol–water partition coefficient (Wildman–Crippen LogP) is 6.66. The monoisotopic (exact) mass is 604 g/mol. The summed E-state index contributed by atoms with van der Waals surface area (Å²) in [6.07, 6.45) is 12.6. The van der Waals surface area contributed by atoms with Crippen molar-refractivity contribution >= 4 is 32.8 Å². The molecule has 1 saturated carbocycles. The molecule has 7 nitrogen and oxygen atoms in total. The lowest BCUT2D eigenvalue weighted by Crippen LogP contribution is -2.49. The number of hydrogen-bond acceptors (Lipinski definition) is 7. The molecule has 1 fully saturated rings. The zero-order valence-corrected chi connectivity index (χ0v) is 24.8. The highest BCUT2D eigenvalue weighted by molar-refractivity contribution is 7.91. The number of nitrogens with zero attached hydrogens (tertiary/aromatic N) is 2. The Morgan fingerprint density at radius 3 is 2.50 bits per heavy atom. The Balaban J connectivity index is 1.15. The maximum atomic E-state index is 13.7. The number of sulfone groups is 1. The molecule has 2 aliphatic rings. The van der Waals surface area contributed by atoms with Crippen LogP contribution in [0.3, 0.4) is 0 Å². The molecule has 1 atom stereocenters. The molecule has 0 bridgehead atoms. The van der Waals surface area contributed by atoms with Crippen LogP contribution >= 0.6 is 11.3 Å². The van der Waals surface area contributed by atoms with Crippen LogP contribution in [0.1, 0.15) is 62.5 Å². The molecular formula is C32H33FN4O3S2. The van der Waals surface area contributed by atoms with Crippen LogP contribution in [0.25, 0.3) is 10.6 Å². The van der Waals surface area contributed by atoms with Gasteiger partial charge in [0.05, 0.1) is 4.90 Å². The van der Waals surface area contributed by atoms with Gasteiger partial charge in [-0.1, -0.05) is 62.8 Å². The summed E-state index contributed by atoms with van der Waals surface area (Å²) >= 11 is 1.15. The molecule has 1 amide bonds. The number of anilines is 1. The van der Waals surface area contributed by atoms with Gasteiger partial charge < -0.3 is 10.6 Å². The molecule has 6 rings (SSSR count). The normalized spacial score (nSPS) is 18.4. The average Bonchev–Trinajstić information content (AvgIpc) is 3.65. The molecule has 1 aliphatic heterocycles. The number of nitrogens with one attached hydrogen (secondary N) is 2. The van der Waals surface area contributed by atoms with Gasteiger partial charge in [0.15, 0.2) is 5.03 Å². The first-order valence-corrected chi connectivity index (χ1v) is 16.8. The number of hydrogen-bond donors (Lipinski definition) is 2. The second-order valence-electron chi connectivity index (χ2n) is 11.1.